The van der Waals surface area contributed by atoms with Crippen LogP contribution in [0.3, 0.4) is 0 Å². The van der Waals surface area contributed by atoms with Gasteiger partial charge in [-0.05, 0) is 32.1 Å². The van der Waals surface area contributed by atoms with Crippen molar-refractivity contribution in [3.05, 3.63) is 0 Å². The second kappa shape index (κ2) is 7.44. The van der Waals surface area contributed by atoms with Gasteiger partial charge in [0.15, 0.2) is 5.72 Å². The number of cyclic esters (lactones) is 1. The minimum Gasteiger partial charge on any atom is -0.461 e. The van der Waals surface area contributed by atoms with E-state index in [2.05, 4.69) is 18.7 Å². The summed E-state index contributed by atoms with van der Waals surface area (Å²) in [5.41, 5.74) is -1.26. The van der Waals surface area contributed by atoms with Crippen molar-refractivity contribution >= 4 is 17.9 Å². The van der Waals surface area contributed by atoms with E-state index in [0.717, 1.165) is 38.6 Å². The number of ether oxygens (including phenoxy) is 3. The number of rotatable bonds is 3. The van der Waals surface area contributed by atoms with E-state index in [-0.39, 0.29) is 65.7 Å². The van der Waals surface area contributed by atoms with Gasteiger partial charge >= 0.3 is 17.9 Å². The monoisotopic (exact) mass is 447 g/mol. The van der Waals surface area contributed by atoms with Gasteiger partial charge in [-0.15, -0.1) is 0 Å². The predicted octanol–water partition coefficient (Wildman–Crippen LogP) is 3.30. The third-order valence-electron chi connectivity index (χ3n) is 9.59. The minimum atomic E-state index is -0.803. The molecular formula is C25H37NO6. The molecule has 0 N–H and O–H groups in total. The predicted molar refractivity (Wildman–Crippen MR) is 115 cm³/mol. The Morgan fingerprint density at radius 1 is 1.19 bits per heavy atom. The quantitative estimate of drug-likeness (QED) is 0.485. The molecule has 0 amide bonds. The van der Waals surface area contributed by atoms with Crippen molar-refractivity contribution in [1.29, 1.82) is 0 Å². The van der Waals surface area contributed by atoms with E-state index in [1.54, 1.807) is 0 Å². The molecule has 178 valence electrons. The van der Waals surface area contributed by atoms with Crippen LogP contribution in [0.1, 0.15) is 73.1 Å². The lowest BCUT2D eigenvalue weighted by molar-refractivity contribution is -0.274. The molecule has 4 aliphatic heterocycles. The van der Waals surface area contributed by atoms with Crippen molar-refractivity contribution in [3.8, 4) is 0 Å². The zero-order valence-corrected chi connectivity index (χ0v) is 20.0. The van der Waals surface area contributed by atoms with Crippen LogP contribution in [-0.4, -0.2) is 53.3 Å². The van der Waals surface area contributed by atoms with Crippen LogP contribution in [0.2, 0.25) is 0 Å². The molecule has 4 saturated heterocycles. The third-order valence-corrected chi connectivity index (χ3v) is 9.59. The minimum absolute atomic E-state index is 0.0204. The molecular weight excluding hydrogens is 410 g/mol. The van der Waals surface area contributed by atoms with Crippen molar-refractivity contribution < 1.29 is 28.6 Å². The molecule has 0 aromatic carbocycles. The number of nitrogens with zero attached hydrogens (tertiary/aromatic N) is 1. The summed E-state index contributed by atoms with van der Waals surface area (Å²) in [6.45, 7) is 10.6. The van der Waals surface area contributed by atoms with Crippen LogP contribution in [0.4, 0.5) is 0 Å². The molecule has 0 spiro atoms. The van der Waals surface area contributed by atoms with E-state index in [4.69, 9.17) is 14.2 Å². The first-order valence-electron chi connectivity index (χ1n) is 12.5. The van der Waals surface area contributed by atoms with Crippen molar-refractivity contribution in [1.82, 2.24) is 4.90 Å². The molecule has 0 unspecified atom stereocenters. The molecule has 5 rings (SSSR count). The van der Waals surface area contributed by atoms with Crippen LogP contribution < -0.4 is 0 Å². The van der Waals surface area contributed by atoms with Crippen molar-refractivity contribution in [2.45, 2.75) is 97.1 Å². The lowest BCUT2D eigenvalue weighted by atomic mass is 9.51. The molecule has 1 aliphatic carbocycles. The molecule has 32 heavy (non-hydrogen) atoms. The molecule has 7 nitrogen and oxygen atoms in total. The first-order valence-corrected chi connectivity index (χ1v) is 12.5. The highest BCUT2D eigenvalue weighted by Crippen LogP contribution is 2.69. The lowest BCUT2D eigenvalue weighted by Crippen LogP contribution is -2.70. The van der Waals surface area contributed by atoms with E-state index in [1.807, 2.05) is 13.8 Å². The topological polar surface area (TPSA) is 82.1 Å². The van der Waals surface area contributed by atoms with E-state index in [9.17, 15) is 14.4 Å². The van der Waals surface area contributed by atoms with Crippen LogP contribution in [0.5, 0.6) is 0 Å². The standard InChI is InChI=1S/C25H37NO6/c1-6-16-17-9-7-8-10-26-18(19-11-13(2)22(28)30-19)12-24(5,25(17,26)32-15(4)27)20-14(3)23(29)31-21(16)20/h13-14,16-21H,6-12H2,1-5H3/t13-,14-,16+,17-,18-,19-,20-,21-,24+,25+/m1/s1. The van der Waals surface area contributed by atoms with Gasteiger partial charge in [-0.25, -0.2) is 0 Å². The number of fused-ring (bicyclic) bond motifs is 2. The van der Waals surface area contributed by atoms with Crippen LogP contribution in [0, 0.1) is 35.0 Å². The maximum absolute atomic E-state index is 12.8. The fourth-order valence-corrected chi connectivity index (χ4v) is 8.51. The summed E-state index contributed by atoms with van der Waals surface area (Å²) in [7, 11) is 0. The SMILES string of the molecule is CC[C@@H]1[C@H]2OC(=O)[C@H](C)[C@H]2[C@]2(C)C[C@H]([C@H]3C[C@@H](C)C(=O)O3)N3CCCC[C@H]1[C@@]32OC(C)=O. The zero-order chi connectivity index (χ0) is 23.0. The lowest BCUT2D eigenvalue weighted by Gasteiger charge is -2.60. The zero-order valence-electron chi connectivity index (χ0n) is 20.0. The summed E-state index contributed by atoms with van der Waals surface area (Å²) in [6.07, 6.45) is 4.95. The smallest absolute Gasteiger partial charge is 0.309 e. The van der Waals surface area contributed by atoms with Crippen LogP contribution in [-0.2, 0) is 28.6 Å². The number of carbonyl (C=O) groups excluding carboxylic acids is 3. The Bertz CT molecular complexity index is 829. The summed E-state index contributed by atoms with van der Waals surface area (Å²) in [4.78, 5) is 40.2. The molecule has 5 aliphatic rings. The second-order valence-corrected chi connectivity index (χ2v) is 11.2. The van der Waals surface area contributed by atoms with Crippen molar-refractivity contribution in [2.24, 2.45) is 35.0 Å². The van der Waals surface area contributed by atoms with Gasteiger partial charge in [0.2, 0.25) is 0 Å². The molecule has 0 radical (unpaired) electrons. The molecule has 0 aromatic heterocycles. The molecule has 7 heteroatoms. The van der Waals surface area contributed by atoms with E-state index >= 15 is 0 Å². The Kier molecular flexibility index (Phi) is 5.16. The Balaban J connectivity index is 1.69. The highest BCUT2D eigenvalue weighted by Gasteiger charge is 2.77. The molecule has 10 atom stereocenters. The summed E-state index contributed by atoms with van der Waals surface area (Å²) < 4.78 is 18.4. The van der Waals surface area contributed by atoms with Crippen LogP contribution in [0.25, 0.3) is 0 Å². The third kappa shape index (κ3) is 2.72. The maximum Gasteiger partial charge on any atom is 0.309 e. The fraction of sp³-hybridized carbons (Fsp3) is 0.880. The Hall–Kier alpha value is -1.63. The van der Waals surface area contributed by atoms with Gasteiger partial charge in [-0.1, -0.05) is 34.1 Å². The largest absolute Gasteiger partial charge is 0.461 e. The van der Waals surface area contributed by atoms with Crippen LogP contribution in [0.15, 0.2) is 0 Å². The molecule has 0 aromatic rings. The summed E-state index contributed by atoms with van der Waals surface area (Å²) in [6, 6.07) is -0.0204. The Morgan fingerprint density at radius 3 is 2.56 bits per heavy atom. The number of esters is 3. The van der Waals surface area contributed by atoms with E-state index in [1.165, 1.54) is 6.92 Å². The number of hydrogen-bond acceptors (Lipinski definition) is 7. The number of carbonyl (C=O) groups is 3. The summed E-state index contributed by atoms with van der Waals surface area (Å²) in [5, 5.41) is 0. The van der Waals surface area contributed by atoms with Gasteiger partial charge in [0, 0.05) is 36.6 Å². The normalized spacial score (nSPS) is 50.3. The molecule has 0 bridgehead atoms. The van der Waals surface area contributed by atoms with Gasteiger partial charge in [0.1, 0.15) is 12.2 Å². The van der Waals surface area contributed by atoms with E-state index < -0.39 is 11.1 Å². The van der Waals surface area contributed by atoms with Crippen molar-refractivity contribution in [3.63, 3.8) is 0 Å². The molecule has 5 fully saturated rings. The van der Waals surface area contributed by atoms with Gasteiger partial charge in [-0.3, -0.25) is 19.3 Å². The fourth-order valence-electron chi connectivity index (χ4n) is 8.51. The average molecular weight is 448 g/mol. The van der Waals surface area contributed by atoms with Crippen molar-refractivity contribution in [2.75, 3.05) is 6.54 Å². The highest BCUT2D eigenvalue weighted by atomic mass is 16.6. The van der Waals surface area contributed by atoms with Gasteiger partial charge in [-0.2, -0.15) is 0 Å². The first kappa shape index (κ1) is 22.2. The highest BCUT2D eigenvalue weighted by molar-refractivity contribution is 5.76. The van der Waals surface area contributed by atoms with Gasteiger partial charge in [0.25, 0.3) is 0 Å². The summed E-state index contributed by atoms with van der Waals surface area (Å²) >= 11 is 0. The van der Waals surface area contributed by atoms with Crippen LogP contribution >= 0.6 is 0 Å². The van der Waals surface area contributed by atoms with Gasteiger partial charge < -0.3 is 14.2 Å². The van der Waals surface area contributed by atoms with Gasteiger partial charge in [0.05, 0.1) is 17.9 Å². The first-order chi connectivity index (χ1) is 15.2. The Labute approximate surface area is 190 Å². The van der Waals surface area contributed by atoms with E-state index in [0.29, 0.717) is 6.42 Å². The average Bonchev–Trinajstić information content (AvgIpc) is 3.23. The maximum atomic E-state index is 12.8. The molecule has 1 saturated carbocycles. The Morgan fingerprint density at radius 2 is 1.94 bits per heavy atom. The number of hydrogen-bond donors (Lipinski definition) is 0. The molecule has 4 heterocycles. The second-order valence-electron chi connectivity index (χ2n) is 11.2. The summed E-state index contributed by atoms with van der Waals surface area (Å²) in [5.74, 6) is -0.721.